The summed E-state index contributed by atoms with van der Waals surface area (Å²) in [4.78, 5) is 43.2. The molecule has 1 N–H and O–H groups in total. The van der Waals surface area contributed by atoms with E-state index in [2.05, 4.69) is 5.32 Å². The molecule has 196 valence electrons. The molecule has 0 unspecified atom stereocenters. The molecule has 37 heavy (non-hydrogen) atoms. The molecule has 6 rings (SSSR count). The second-order valence-corrected chi connectivity index (χ2v) is 9.67. The van der Waals surface area contributed by atoms with E-state index in [4.69, 9.17) is 23.4 Å². The van der Waals surface area contributed by atoms with Crippen molar-refractivity contribution in [3.05, 3.63) is 47.9 Å². The highest BCUT2D eigenvalue weighted by molar-refractivity contribution is 5.97. The zero-order valence-electron chi connectivity index (χ0n) is 20.4. The third-order valence-electron chi connectivity index (χ3n) is 7.49. The fourth-order valence-corrected chi connectivity index (χ4v) is 5.49. The predicted octanol–water partition coefficient (Wildman–Crippen LogP) is 1.78. The van der Waals surface area contributed by atoms with Crippen molar-refractivity contribution < 1.29 is 37.7 Å². The summed E-state index contributed by atoms with van der Waals surface area (Å²) in [7, 11) is 0. The molecule has 4 aliphatic heterocycles. The molecular formula is C26H29N3O8. The highest BCUT2D eigenvalue weighted by atomic mass is 16.7. The maximum atomic E-state index is 13.5. The zero-order valence-corrected chi connectivity index (χ0v) is 20.4. The summed E-state index contributed by atoms with van der Waals surface area (Å²) < 4.78 is 27.9. The molecule has 0 aliphatic carbocycles. The van der Waals surface area contributed by atoms with Gasteiger partial charge in [-0.3, -0.25) is 19.3 Å². The average molecular weight is 512 g/mol. The predicted molar refractivity (Wildman–Crippen MR) is 127 cm³/mol. The number of likely N-dealkylation sites (tertiary alicyclic amines) is 1. The first kappa shape index (κ1) is 23.8. The van der Waals surface area contributed by atoms with Gasteiger partial charge in [0.1, 0.15) is 11.8 Å². The van der Waals surface area contributed by atoms with E-state index in [1.807, 2.05) is 0 Å². The molecule has 3 saturated heterocycles. The lowest BCUT2D eigenvalue weighted by Crippen LogP contribution is -2.60. The average Bonchev–Trinajstić information content (AvgIpc) is 3.74. The Morgan fingerprint density at radius 1 is 1.05 bits per heavy atom. The fraction of sp³-hybridized carbons (Fsp3) is 0.500. The third-order valence-corrected chi connectivity index (χ3v) is 7.49. The van der Waals surface area contributed by atoms with Crippen LogP contribution < -0.4 is 14.8 Å². The van der Waals surface area contributed by atoms with Crippen molar-refractivity contribution in [1.82, 2.24) is 15.1 Å². The fourth-order valence-electron chi connectivity index (χ4n) is 5.49. The minimum Gasteiger partial charge on any atom is -0.459 e. The molecule has 0 bridgehead atoms. The molecule has 3 fully saturated rings. The molecule has 11 nitrogen and oxygen atoms in total. The summed E-state index contributed by atoms with van der Waals surface area (Å²) in [5.74, 6) is 0.470. The van der Waals surface area contributed by atoms with Crippen molar-refractivity contribution in [2.75, 3.05) is 39.6 Å². The van der Waals surface area contributed by atoms with Crippen LogP contribution >= 0.6 is 0 Å². The van der Waals surface area contributed by atoms with Gasteiger partial charge in [0.2, 0.25) is 12.7 Å². The van der Waals surface area contributed by atoms with Gasteiger partial charge >= 0.3 is 0 Å². The van der Waals surface area contributed by atoms with E-state index in [0.29, 0.717) is 56.1 Å². The molecule has 1 spiro atoms. The summed E-state index contributed by atoms with van der Waals surface area (Å²) in [6, 6.07) is 7.53. The van der Waals surface area contributed by atoms with Crippen LogP contribution in [0.25, 0.3) is 0 Å². The van der Waals surface area contributed by atoms with E-state index in [1.165, 1.54) is 11.2 Å². The summed E-state index contributed by atoms with van der Waals surface area (Å²) in [6.45, 7) is 2.01. The van der Waals surface area contributed by atoms with Crippen LogP contribution in [0.3, 0.4) is 0 Å². The molecule has 0 radical (unpaired) electrons. The van der Waals surface area contributed by atoms with E-state index in [0.717, 1.165) is 12.8 Å². The number of fused-ring (bicyclic) bond motifs is 1. The summed E-state index contributed by atoms with van der Waals surface area (Å²) >= 11 is 0. The van der Waals surface area contributed by atoms with E-state index in [1.54, 1.807) is 35.2 Å². The summed E-state index contributed by atoms with van der Waals surface area (Å²) in [5, 5.41) is 2.93. The number of piperidine rings is 1. The van der Waals surface area contributed by atoms with Gasteiger partial charge in [0, 0.05) is 44.6 Å². The Labute approximate surface area is 213 Å². The van der Waals surface area contributed by atoms with E-state index in [9.17, 15) is 14.4 Å². The Kier molecular flexibility index (Phi) is 6.25. The van der Waals surface area contributed by atoms with Gasteiger partial charge in [0.05, 0.1) is 19.0 Å². The number of rotatable bonds is 5. The van der Waals surface area contributed by atoms with Crippen molar-refractivity contribution >= 4 is 17.7 Å². The van der Waals surface area contributed by atoms with Crippen molar-refractivity contribution in [3.63, 3.8) is 0 Å². The Hall–Kier alpha value is -3.57. The number of ether oxygens (including phenoxy) is 4. The van der Waals surface area contributed by atoms with Crippen molar-refractivity contribution in [1.29, 1.82) is 0 Å². The van der Waals surface area contributed by atoms with Crippen molar-refractivity contribution in [2.45, 2.75) is 43.6 Å². The zero-order chi connectivity index (χ0) is 25.4. The Morgan fingerprint density at radius 2 is 1.89 bits per heavy atom. The lowest BCUT2D eigenvalue weighted by Gasteiger charge is -2.44. The van der Waals surface area contributed by atoms with Crippen LogP contribution in [0.5, 0.6) is 11.5 Å². The van der Waals surface area contributed by atoms with Gasteiger partial charge in [-0.15, -0.1) is 0 Å². The quantitative estimate of drug-likeness (QED) is 0.645. The number of hydrogen-bond donors (Lipinski definition) is 1. The van der Waals surface area contributed by atoms with Gasteiger partial charge in [-0.2, -0.15) is 0 Å². The van der Waals surface area contributed by atoms with Gasteiger partial charge in [-0.1, -0.05) is 0 Å². The molecule has 11 heteroatoms. The second-order valence-electron chi connectivity index (χ2n) is 9.67. The standard InChI is InChI=1S/C26H29N3O8/c30-23(27-14-18-3-1-11-33-18)19-15-37-26(29(19)25(32)21-4-2-12-34-21)7-9-28(10-8-26)24(31)17-5-6-20-22(13-17)36-16-35-20/h2,4-6,12-13,18-19H,1,3,7-11,14-16H2,(H,27,30)/t18-,19+/m0/s1. The first-order valence-electron chi connectivity index (χ1n) is 12.6. The maximum absolute atomic E-state index is 13.5. The first-order valence-corrected chi connectivity index (χ1v) is 12.6. The Bertz CT molecular complexity index is 1170. The topological polar surface area (TPSA) is 120 Å². The number of carbonyl (C=O) groups excluding carboxylic acids is 3. The molecule has 2 aromatic rings. The SMILES string of the molecule is O=C(NC[C@@H]1CCCO1)[C@H]1COC2(CCN(C(=O)c3ccc4c(c3)OCO4)CC2)N1C(=O)c1ccco1. The van der Waals surface area contributed by atoms with Gasteiger partial charge in [-0.05, 0) is 43.2 Å². The molecule has 0 saturated carbocycles. The third kappa shape index (κ3) is 4.42. The van der Waals surface area contributed by atoms with Crippen LogP contribution in [-0.2, 0) is 14.3 Å². The molecule has 1 aromatic carbocycles. The minimum atomic E-state index is -1.01. The van der Waals surface area contributed by atoms with Crippen LogP contribution in [0.15, 0.2) is 41.0 Å². The Morgan fingerprint density at radius 3 is 2.65 bits per heavy atom. The largest absolute Gasteiger partial charge is 0.459 e. The highest BCUT2D eigenvalue weighted by Gasteiger charge is 2.54. The van der Waals surface area contributed by atoms with Crippen LogP contribution in [0.1, 0.15) is 46.6 Å². The number of furan rings is 1. The van der Waals surface area contributed by atoms with Gasteiger partial charge in [-0.25, -0.2) is 0 Å². The molecule has 2 atom stereocenters. The number of carbonyl (C=O) groups is 3. The molecule has 3 amide bonds. The lowest BCUT2D eigenvalue weighted by atomic mass is 9.96. The molecule has 1 aromatic heterocycles. The second kappa shape index (κ2) is 9.71. The highest BCUT2D eigenvalue weighted by Crippen LogP contribution is 2.39. The minimum absolute atomic E-state index is 0.0140. The normalized spacial score (nSPS) is 24.0. The summed E-state index contributed by atoms with van der Waals surface area (Å²) in [6.07, 6.45) is 4.01. The first-order chi connectivity index (χ1) is 18.0. The van der Waals surface area contributed by atoms with Gasteiger partial charge < -0.3 is 33.6 Å². The monoisotopic (exact) mass is 511 g/mol. The molecule has 4 aliphatic rings. The Balaban J connectivity index is 1.17. The van der Waals surface area contributed by atoms with Crippen molar-refractivity contribution in [2.24, 2.45) is 0 Å². The number of amides is 3. The molecular weight excluding hydrogens is 482 g/mol. The van der Waals surface area contributed by atoms with Gasteiger partial charge in [0.15, 0.2) is 17.3 Å². The van der Waals surface area contributed by atoms with Crippen LogP contribution in [0, 0.1) is 0 Å². The molecule has 5 heterocycles. The number of hydrogen-bond acceptors (Lipinski definition) is 8. The van der Waals surface area contributed by atoms with Crippen LogP contribution in [0.2, 0.25) is 0 Å². The van der Waals surface area contributed by atoms with E-state index in [-0.39, 0.29) is 37.1 Å². The number of benzene rings is 1. The van der Waals surface area contributed by atoms with Gasteiger partial charge in [0.25, 0.3) is 11.8 Å². The van der Waals surface area contributed by atoms with Crippen LogP contribution in [0.4, 0.5) is 0 Å². The smallest absolute Gasteiger partial charge is 0.292 e. The van der Waals surface area contributed by atoms with E-state index < -0.39 is 17.7 Å². The lowest BCUT2D eigenvalue weighted by molar-refractivity contribution is -0.128. The van der Waals surface area contributed by atoms with Crippen molar-refractivity contribution in [3.8, 4) is 11.5 Å². The number of nitrogens with one attached hydrogen (secondary N) is 1. The van der Waals surface area contributed by atoms with E-state index >= 15 is 0 Å². The summed E-state index contributed by atoms with van der Waals surface area (Å²) in [5.41, 5.74) is -0.510. The number of nitrogens with zero attached hydrogens (tertiary/aromatic N) is 2. The van der Waals surface area contributed by atoms with Crippen LogP contribution in [-0.4, -0.2) is 85.0 Å². The maximum Gasteiger partial charge on any atom is 0.292 e.